The molecule has 0 saturated heterocycles. The third kappa shape index (κ3) is 4.19. The van der Waals surface area contributed by atoms with Crippen molar-refractivity contribution in [2.75, 3.05) is 0 Å². The summed E-state index contributed by atoms with van der Waals surface area (Å²) in [5, 5.41) is 11.2. The standard InChI is InChI=1S/C28H17FO4S/c29-19-11-14-23-24(16-19)34-28(26(32)22-7-3-5-18-4-1-2-6-21(18)22)27(23)33-20-12-8-17(9-13-20)10-15-25(30)31/h1-16H,(H,30,31)/b15-10+. The fourth-order valence-electron chi connectivity index (χ4n) is 3.78. The van der Waals surface area contributed by atoms with Crippen LogP contribution in [-0.4, -0.2) is 16.9 Å². The van der Waals surface area contributed by atoms with Gasteiger partial charge >= 0.3 is 5.97 Å². The molecule has 0 aliphatic heterocycles. The molecule has 0 aliphatic rings. The Morgan fingerprint density at radius 1 is 0.882 bits per heavy atom. The van der Waals surface area contributed by atoms with Crippen LogP contribution >= 0.6 is 11.3 Å². The highest BCUT2D eigenvalue weighted by Crippen LogP contribution is 2.42. The van der Waals surface area contributed by atoms with E-state index in [9.17, 15) is 14.0 Å². The van der Waals surface area contributed by atoms with Crippen molar-refractivity contribution < 1.29 is 23.8 Å². The molecule has 1 N–H and O–H groups in total. The number of thiophene rings is 1. The maximum absolute atomic E-state index is 13.9. The number of hydrogen-bond donors (Lipinski definition) is 1. The number of carbonyl (C=O) groups excluding carboxylic acids is 1. The number of halogens is 1. The van der Waals surface area contributed by atoms with E-state index >= 15 is 0 Å². The predicted molar refractivity (Wildman–Crippen MR) is 132 cm³/mol. The van der Waals surface area contributed by atoms with E-state index in [0.29, 0.717) is 37.6 Å². The first-order valence-corrected chi connectivity index (χ1v) is 11.2. The molecule has 166 valence electrons. The van der Waals surface area contributed by atoms with Gasteiger partial charge in [0.25, 0.3) is 0 Å². The number of rotatable bonds is 6. The van der Waals surface area contributed by atoms with E-state index in [1.807, 2.05) is 36.4 Å². The lowest BCUT2D eigenvalue weighted by molar-refractivity contribution is -0.131. The average Bonchev–Trinajstić information content (AvgIpc) is 3.20. The molecule has 1 aromatic heterocycles. The summed E-state index contributed by atoms with van der Waals surface area (Å²) in [4.78, 5) is 24.8. The Hall–Kier alpha value is -4.29. The first-order chi connectivity index (χ1) is 16.5. The van der Waals surface area contributed by atoms with Gasteiger partial charge in [0, 0.05) is 21.7 Å². The number of ether oxygens (including phenoxy) is 1. The summed E-state index contributed by atoms with van der Waals surface area (Å²) in [5.74, 6) is -0.780. The van der Waals surface area contributed by atoms with Crippen LogP contribution in [0.15, 0.2) is 91.0 Å². The highest BCUT2D eigenvalue weighted by molar-refractivity contribution is 7.21. The number of ketones is 1. The molecule has 0 aliphatic carbocycles. The molecule has 6 heteroatoms. The lowest BCUT2D eigenvalue weighted by Crippen LogP contribution is -2.01. The molecular formula is C28H17FO4S. The zero-order valence-corrected chi connectivity index (χ0v) is 18.5. The normalized spacial score (nSPS) is 11.3. The van der Waals surface area contributed by atoms with Crippen molar-refractivity contribution in [3.63, 3.8) is 0 Å². The van der Waals surface area contributed by atoms with Gasteiger partial charge < -0.3 is 9.84 Å². The van der Waals surface area contributed by atoms with Crippen LogP contribution in [0.4, 0.5) is 4.39 Å². The zero-order chi connectivity index (χ0) is 23.7. The van der Waals surface area contributed by atoms with Gasteiger partial charge in [-0.2, -0.15) is 0 Å². The number of carboxylic acid groups (broad SMARTS) is 1. The van der Waals surface area contributed by atoms with Crippen LogP contribution in [0, 0.1) is 5.82 Å². The fourth-order valence-corrected chi connectivity index (χ4v) is 4.88. The third-order valence-electron chi connectivity index (χ3n) is 5.37. The van der Waals surface area contributed by atoms with Crippen LogP contribution < -0.4 is 4.74 Å². The van der Waals surface area contributed by atoms with Gasteiger partial charge in [0.05, 0.1) is 0 Å². The van der Waals surface area contributed by atoms with Crippen LogP contribution in [-0.2, 0) is 4.79 Å². The highest BCUT2D eigenvalue weighted by atomic mass is 32.1. The van der Waals surface area contributed by atoms with Crippen LogP contribution in [0.5, 0.6) is 11.5 Å². The second-order valence-corrected chi connectivity index (χ2v) is 8.65. The molecule has 0 fully saturated rings. The van der Waals surface area contributed by atoms with Gasteiger partial charge in [0.1, 0.15) is 16.4 Å². The van der Waals surface area contributed by atoms with Gasteiger partial charge in [-0.25, -0.2) is 9.18 Å². The number of fused-ring (bicyclic) bond motifs is 2. The first-order valence-electron chi connectivity index (χ1n) is 10.4. The Morgan fingerprint density at radius 2 is 1.65 bits per heavy atom. The van der Waals surface area contributed by atoms with E-state index in [0.717, 1.165) is 16.8 Å². The number of aliphatic carboxylic acids is 1. The minimum Gasteiger partial charge on any atom is -0.478 e. The maximum atomic E-state index is 13.9. The topological polar surface area (TPSA) is 63.6 Å². The SMILES string of the molecule is O=C(O)/C=C/c1ccc(Oc2c(C(=O)c3cccc4ccccc34)sc3cc(F)ccc23)cc1. The van der Waals surface area contributed by atoms with Gasteiger partial charge in [-0.1, -0.05) is 54.6 Å². The van der Waals surface area contributed by atoms with E-state index in [-0.39, 0.29) is 11.6 Å². The number of carboxylic acids is 1. The molecular weight excluding hydrogens is 451 g/mol. The molecule has 0 bridgehead atoms. The van der Waals surface area contributed by atoms with Gasteiger partial charge in [-0.05, 0) is 52.7 Å². The number of carbonyl (C=O) groups is 2. The summed E-state index contributed by atoms with van der Waals surface area (Å²) in [6, 6.07) is 24.4. The minimum absolute atomic E-state index is 0.200. The van der Waals surface area contributed by atoms with Crippen LogP contribution in [0.2, 0.25) is 0 Å². The molecule has 34 heavy (non-hydrogen) atoms. The van der Waals surface area contributed by atoms with Crippen molar-refractivity contribution in [1.82, 2.24) is 0 Å². The highest BCUT2D eigenvalue weighted by Gasteiger charge is 2.23. The van der Waals surface area contributed by atoms with Crippen LogP contribution in [0.25, 0.3) is 26.9 Å². The number of benzene rings is 4. The van der Waals surface area contributed by atoms with Crippen LogP contribution in [0.1, 0.15) is 20.8 Å². The molecule has 5 aromatic rings. The summed E-state index contributed by atoms with van der Waals surface area (Å²) < 4.78 is 20.7. The van der Waals surface area contributed by atoms with Crippen molar-refractivity contribution in [3.8, 4) is 11.5 Å². The second kappa shape index (κ2) is 8.92. The Labute approximate surface area is 198 Å². The molecule has 0 spiro atoms. The quantitative estimate of drug-likeness (QED) is 0.210. The van der Waals surface area contributed by atoms with Gasteiger partial charge in [0.15, 0.2) is 5.75 Å². The largest absolute Gasteiger partial charge is 0.478 e. The lowest BCUT2D eigenvalue weighted by Gasteiger charge is -2.09. The van der Waals surface area contributed by atoms with E-state index in [4.69, 9.17) is 9.84 Å². The summed E-state index contributed by atoms with van der Waals surface area (Å²) in [7, 11) is 0. The number of hydrogen-bond acceptors (Lipinski definition) is 4. The third-order valence-corrected chi connectivity index (χ3v) is 6.50. The molecule has 0 unspecified atom stereocenters. The smallest absolute Gasteiger partial charge is 0.328 e. The van der Waals surface area contributed by atoms with Crippen LogP contribution in [0.3, 0.4) is 0 Å². The van der Waals surface area contributed by atoms with Gasteiger partial charge in [0.2, 0.25) is 5.78 Å². The lowest BCUT2D eigenvalue weighted by atomic mass is 10.00. The van der Waals surface area contributed by atoms with Gasteiger partial charge in [-0.15, -0.1) is 11.3 Å². The molecule has 5 rings (SSSR count). The zero-order valence-electron chi connectivity index (χ0n) is 17.7. The van der Waals surface area contributed by atoms with Crippen molar-refractivity contribution in [1.29, 1.82) is 0 Å². The average molecular weight is 469 g/mol. The van der Waals surface area contributed by atoms with Gasteiger partial charge in [-0.3, -0.25) is 4.79 Å². The Bertz CT molecular complexity index is 1580. The summed E-state index contributed by atoms with van der Waals surface area (Å²) in [6.07, 6.45) is 2.53. The van der Waals surface area contributed by atoms with Crippen molar-refractivity contribution in [3.05, 3.63) is 113 Å². The van der Waals surface area contributed by atoms with Crippen molar-refractivity contribution in [2.45, 2.75) is 0 Å². The fraction of sp³-hybridized carbons (Fsp3) is 0. The molecule has 4 aromatic carbocycles. The van der Waals surface area contributed by atoms with E-state index in [2.05, 4.69) is 0 Å². The minimum atomic E-state index is -1.03. The van der Waals surface area contributed by atoms with Crippen molar-refractivity contribution in [2.24, 2.45) is 0 Å². The molecule has 0 atom stereocenters. The molecule has 1 heterocycles. The first kappa shape index (κ1) is 21.6. The second-order valence-electron chi connectivity index (χ2n) is 7.60. The summed E-state index contributed by atoms with van der Waals surface area (Å²) >= 11 is 1.19. The Morgan fingerprint density at radius 3 is 2.44 bits per heavy atom. The Kier molecular flexibility index (Phi) is 5.65. The van der Waals surface area contributed by atoms with Crippen molar-refractivity contribution >= 4 is 50.0 Å². The predicted octanol–water partition coefficient (Wildman–Crippen LogP) is 7.31. The summed E-state index contributed by atoms with van der Waals surface area (Å²) in [5.41, 5.74) is 1.24. The molecule has 4 nitrogen and oxygen atoms in total. The van der Waals surface area contributed by atoms with E-state index < -0.39 is 5.97 Å². The molecule has 0 amide bonds. The maximum Gasteiger partial charge on any atom is 0.328 e. The van der Waals surface area contributed by atoms with E-state index in [1.54, 1.807) is 36.4 Å². The monoisotopic (exact) mass is 468 g/mol. The molecule has 0 saturated carbocycles. The molecule has 0 radical (unpaired) electrons. The van der Waals surface area contributed by atoms with E-state index in [1.165, 1.54) is 29.5 Å². The Balaban J connectivity index is 1.59. The summed E-state index contributed by atoms with van der Waals surface area (Å²) in [6.45, 7) is 0.